The van der Waals surface area contributed by atoms with E-state index in [2.05, 4.69) is 9.97 Å². The fourth-order valence-electron chi connectivity index (χ4n) is 2.57. The molecule has 0 amide bonds. The van der Waals surface area contributed by atoms with Gasteiger partial charge in [-0.25, -0.2) is 14.4 Å². The summed E-state index contributed by atoms with van der Waals surface area (Å²) in [6, 6.07) is 7.86. The predicted molar refractivity (Wildman–Crippen MR) is 94.3 cm³/mol. The second kappa shape index (κ2) is 6.25. The highest BCUT2D eigenvalue weighted by Crippen LogP contribution is 2.22. The summed E-state index contributed by atoms with van der Waals surface area (Å²) in [7, 11) is 0. The van der Waals surface area contributed by atoms with Crippen molar-refractivity contribution in [2.75, 3.05) is 0 Å². The largest absolute Gasteiger partial charge is 0.439 e. The Labute approximate surface area is 146 Å². The number of thiophene rings is 1. The van der Waals surface area contributed by atoms with Gasteiger partial charge in [0, 0.05) is 10.4 Å². The fourth-order valence-corrected chi connectivity index (χ4v) is 3.50. The zero-order valence-electron chi connectivity index (χ0n) is 13.4. The third kappa shape index (κ3) is 2.98. The molecular formula is C18H14FN3O2S. The average molecular weight is 355 g/mol. The fraction of sp³-hybridized carbons (Fsp3) is 0.167. The standard InChI is InChI=1S/C18H14FN3O2S/c1-2-13-7-14-17(25-13)21-10-22(18(14)23)9-16-20-8-15(24-16)11-3-5-12(19)6-4-11/h3-8,10H,2,9H2,1H3. The van der Waals surface area contributed by atoms with Gasteiger partial charge in [-0.2, -0.15) is 0 Å². The summed E-state index contributed by atoms with van der Waals surface area (Å²) in [5, 5.41) is 0.620. The van der Waals surface area contributed by atoms with E-state index >= 15 is 0 Å². The van der Waals surface area contributed by atoms with Gasteiger partial charge in [-0.15, -0.1) is 11.3 Å². The zero-order chi connectivity index (χ0) is 17.4. The van der Waals surface area contributed by atoms with Crippen LogP contribution >= 0.6 is 11.3 Å². The smallest absolute Gasteiger partial charge is 0.262 e. The minimum atomic E-state index is -0.309. The van der Waals surface area contributed by atoms with E-state index in [0.29, 0.717) is 17.0 Å². The van der Waals surface area contributed by atoms with Crippen LogP contribution in [0.2, 0.25) is 0 Å². The molecule has 7 heteroatoms. The lowest BCUT2D eigenvalue weighted by molar-refractivity contribution is 0.484. The SMILES string of the molecule is CCc1cc2c(=O)n(Cc3ncc(-c4ccc(F)cc4)o3)cnc2s1. The summed E-state index contributed by atoms with van der Waals surface area (Å²) in [6.45, 7) is 2.24. The molecule has 1 aromatic carbocycles. The van der Waals surface area contributed by atoms with Crippen LogP contribution in [0.3, 0.4) is 0 Å². The van der Waals surface area contributed by atoms with Crippen molar-refractivity contribution in [3.63, 3.8) is 0 Å². The topological polar surface area (TPSA) is 60.9 Å². The highest BCUT2D eigenvalue weighted by Gasteiger charge is 2.12. The van der Waals surface area contributed by atoms with Gasteiger partial charge in [-0.3, -0.25) is 9.36 Å². The zero-order valence-corrected chi connectivity index (χ0v) is 14.2. The maximum absolute atomic E-state index is 13.0. The summed E-state index contributed by atoms with van der Waals surface area (Å²) >= 11 is 1.53. The van der Waals surface area contributed by atoms with Gasteiger partial charge < -0.3 is 4.42 Å². The lowest BCUT2D eigenvalue weighted by atomic mass is 10.2. The molecule has 0 aliphatic rings. The van der Waals surface area contributed by atoms with Crippen molar-refractivity contribution in [3.8, 4) is 11.3 Å². The predicted octanol–water partition coefficient (Wildman–Crippen LogP) is 3.86. The number of benzene rings is 1. The first kappa shape index (κ1) is 15.7. The quantitative estimate of drug-likeness (QED) is 0.558. The van der Waals surface area contributed by atoms with Gasteiger partial charge in [0.15, 0.2) is 5.76 Å². The van der Waals surface area contributed by atoms with Crippen LogP contribution in [0, 0.1) is 5.82 Å². The number of rotatable bonds is 4. The molecule has 25 heavy (non-hydrogen) atoms. The minimum absolute atomic E-state index is 0.109. The van der Waals surface area contributed by atoms with E-state index in [-0.39, 0.29) is 17.9 Å². The van der Waals surface area contributed by atoms with Crippen LogP contribution in [-0.2, 0) is 13.0 Å². The van der Waals surface area contributed by atoms with Crippen molar-refractivity contribution in [1.29, 1.82) is 0 Å². The second-order valence-electron chi connectivity index (χ2n) is 5.59. The molecule has 0 spiro atoms. The molecule has 0 radical (unpaired) electrons. The van der Waals surface area contributed by atoms with Crippen LogP contribution < -0.4 is 5.56 Å². The van der Waals surface area contributed by atoms with Crippen molar-refractivity contribution in [2.24, 2.45) is 0 Å². The van der Waals surface area contributed by atoms with Gasteiger partial charge in [0.25, 0.3) is 5.56 Å². The van der Waals surface area contributed by atoms with Crippen molar-refractivity contribution < 1.29 is 8.81 Å². The van der Waals surface area contributed by atoms with Gasteiger partial charge >= 0.3 is 0 Å². The highest BCUT2D eigenvalue weighted by molar-refractivity contribution is 7.18. The summed E-state index contributed by atoms with van der Waals surface area (Å²) < 4.78 is 20.2. The second-order valence-corrected chi connectivity index (χ2v) is 6.70. The first-order chi connectivity index (χ1) is 12.1. The van der Waals surface area contributed by atoms with E-state index in [4.69, 9.17) is 4.42 Å². The Hall–Kier alpha value is -2.80. The summed E-state index contributed by atoms with van der Waals surface area (Å²) in [6.07, 6.45) is 3.96. The number of halogens is 1. The molecule has 126 valence electrons. The number of aryl methyl sites for hydroxylation is 1. The number of fused-ring (bicyclic) bond motifs is 1. The normalized spacial score (nSPS) is 11.3. The first-order valence-corrected chi connectivity index (χ1v) is 8.64. The molecule has 5 nitrogen and oxygen atoms in total. The van der Waals surface area contributed by atoms with Crippen LogP contribution in [0.25, 0.3) is 21.5 Å². The lowest BCUT2D eigenvalue weighted by Crippen LogP contribution is -2.20. The van der Waals surface area contributed by atoms with Gasteiger partial charge in [0.1, 0.15) is 17.2 Å². The molecule has 4 aromatic rings. The van der Waals surface area contributed by atoms with Gasteiger partial charge in [-0.05, 0) is 36.8 Å². The number of nitrogens with zero attached hydrogens (tertiary/aromatic N) is 3. The highest BCUT2D eigenvalue weighted by atomic mass is 32.1. The molecule has 4 rings (SSSR count). The molecule has 0 aliphatic heterocycles. The monoisotopic (exact) mass is 355 g/mol. The van der Waals surface area contributed by atoms with Gasteiger partial charge in [0.2, 0.25) is 5.89 Å². The van der Waals surface area contributed by atoms with Crippen LogP contribution in [0.1, 0.15) is 17.7 Å². The van der Waals surface area contributed by atoms with Crippen molar-refractivity contribution in [3.05, 3.63) is 69.8 Å². The van der Waals surface area contributed by atoms with Crippen LogP contribution in [0.15, 0.2) is 52.1 Å². The average Bonchev–Trinajstić information content (AvgIpc) is 3.25. The molecule has 0 aliphatic carbocycles. The van der Waals surface area contributed by atoms with E-state index in [0.717, 1.165) is 21.7 Å². The third-order valence-corrected chi connectivity index (χ3v) is 5.09. The Kier molecular flexibility index (Phi) is 3.93. The molecule has 0 fully saturated rings. The number of aromatic nitrogens is 3. The molecule has 0 bridgehead atoms. The number of hydrogen-bond donors (Lipinski definition) is 0. The Morgan fingerprint density at radius 3 is 2.80 bits per heavy atom. The van der Waals surface area contributed by atoms with E-state index in [1.807, 2.05) is 13.0 Å². The van der Waals surface area contributed by atoms with Crippen molar-refractivity contribution in [1.82, 2.24) is 14.5 Å². The molecule has 0 N–H and O–H groups in total. The minimum Gasteiger partial charge on any atom is -0.439 e. The molecule has 3 aromatic heterocycles. The van der Waals surface area contributed by atoms with E-state index in [1.54, 1.807) is 18.3 Å². The number of hydrogen-bond acceptors (Lipinski definition) is 5. The molecule has 0 saturated heterocycles. The maximum Gasteiger partial charge on any atom is 0.262 e. The Balaban J connectivity index is 1.64. The van der Waals surface area contributed by atoms with Crippen LogP contribution in [0.5, 0.6) is 0 Å². The maximum atomic E-state index is 13.0. The number of oxazole rings is 1. The molecule has 3 heterocycles. The third-order valence-electron chi connectivity index (χ3n) is 3.91. The van der Waals surface area contributed by atoms with Crippen LogP contribution in [-0.4, -0.2) is 14.5 Å². The lowest BCUT2D eigenvalue weighted by Gasteiger charge is -2.01. The van der Waals surface area contributed by atoms with Gasteiger partial charge in [0.05, 0.1) is 17.9 Å². The van der Waals surface area contributed by atoms with Crippen molar-refractivity contribution in [2.45, 2.75) is 19.9 Å². The summed E-state index contributed by atoms with van der Waals surface area (Å²) in [4.78, 5) is 23.0. The van der Waals surface area contributed by atoms with Crippen LogP contribution in [0.4, 0.5) is 4.39 Å². The Morgan fingerprint density at radius 1 is 1.24 bits per heavy atom. The summed E-state index contributed by atoms with van der Waals surface area (Å²) in [5.41, 5.74) is 0.619. The van der Waals surface area contributed by atoms with E-state index in [9.17, 15) is 9.18 Å². The molecular weight excluding hydrogens is 341 g/mol. The van der Waals surface area contributed by atoms with Crippen molar-refractivity contribution >= 4 is 21.6 Å². The van der Waals surface area contributed by atoms with Gasteiger partial charge in [-0.1, -0.05) is 6.92 Å². The van der Waals surface area contributed by atoms with E-state index < -0.39 is 0 Å². The molecule has 0 saturated carbocycles. The Bertz CT molecular complexity index is 1100. The first-order valence-electron chi connectivity index (χ1n) is 7.82. The molecule has 0 atom stereocenters. The summed E-state index contributed by atoms with van der Waals surface area (Å²) in [5.74, 6) is 0.617. The molecule has 0 unspecified atom stereocenters. The van der Waals surface area contributed by atoms with E-state index in [1.165, 1.54) is 34.4 Å². The Morgan fingerprint density at radius 2 is 2.04 bits per heavy atom.